The number of fused-ring (bicyclic) bond motifs is 2. The van der Waals surface area contributed by atoms with E-state index in [9.17, 15) is 0 Å². The maximum atomic E-state index is 3.72. The molecule has 0 aromatic heterocycles. The monoisotopic (exact) mass is 455 g/mol. The minimum Gasteiger partial charge on any atom is -0.668 e. The van der Waals surface area contributed by atoms with Crippen LogP contribution in [0.4, 0.5) is 0 Å². The molecule has 29 heavy (non-hydrogen) atoms. The van der Waals surface area contributed by atoms with Gasteiger partial charge in [-0.1, -0.05) is 18.2 Å². The molecule has 5 aromatic carbocycles. The maximum Gasteiger partial charge on any atom is 4.00 e. The van der Waals surface area contributed by atoms with Crippen molar-refractivity contribution in [3.63, 3.8) is 0 Å². The molecule has 0 atom stereocenters. The third-order valence-electron chi connectivity index (χ3n) is 3.94. The molecule has 0 N–H and O–H groups in total. The van der Waals surface area contributed by atoms with E-state index in [1.165, 1.54) is 21.5 Å². The Hall–Kier alpha value is -2.41. The van der Waals surface area contributed by atoms with Gasteiger partial charge in [-0.15, -0.1) is 71.4 Å². The van der Waals surface area contributed by atoms with Crippen molar-refractivity contribution in [2.45, 2.75) is 0 Å². The summed E-state index contributed by atoms with van der Waals surface area (Å²) >= 11 is 0. The van der Waals surface area contributed by atoms with E-state index in [0.29, 0.717) is 0 Å². The fraction of sp³-hybridized carbons (Fsp3) is 0.0741. The van der Waals surface area contributed by atoms with Crippen LogP contribution in [0.1, 0.15) is 5.56 Å². The summed E-state index contributed by atoms with van der Waals surface area (Å²) in [6.45, 7) is 3.72. The summed E-state index contributed by atoms with van der Waals surface area (Å²) < 4.78 is 0. The van der Waals surface area contributed by atoms with Crippen LogP contribution < -0.4 is 0 Å². The van der Waals surface area contributed by atoms with E-state index in [2.05, 4.69) is 97.2 Å². The van der Waals surface area contributed by atoms with Gasteiger partial charge in [-0.05, 0) is 0 Å². The summed E-state index contributed by atoms with van der Waals surface area (Å²) in [5.41, 5.74) is 1.07. The van der Waals surface area contributed by atoms with Crippen molar-refractivity contribution in [3.05, 3.63) is 133 Å². The van der Waals surface area contributed by atoms with E-state index < -0.39 is 0 Å². The Morgan fingerprint density at radius 2 is 0.966 bits per heavy atom. The van der Waals surface area contributed by atoms with Crippen LogP contribution in [-0.4, -0.2) is 14.1 Å². The second-order valence-corrected chi connectivity index (χ2v) is 6.24. The smallest absolute Gasteiger partial charge is 0.668 e. The quantitative estimate of drug-likeness (QED) is 0.213. The zero-order valence-electron chi connectivity index (χ0n) is 17.1. The number of nitrogens with zero attached hydrogens (tertiary/aromatic N) is 1. The molecule has 1 nitrogen and oxygen atoms in total. The van der Waals surface area contributed by atoms with E-state index in [4.69, 9.17) is 0 Å². The molecule has 0 bridgehead atoms. The standard InChI is InChI=1S/2C9H7.C7H7.C2H6N.Zr/c2*1-2-5-9-7-3-6-8(9)4-1;1-7-5-3-2-4-6-7;1-3-2;/h2*1-7H;2-6H,1H2;1-2H3;/q4*-1;+4. The van der Waals surface area contributed by atoms with Crippen molar-refractivity contribution in [2.75, 3.05) is 14.1 Å². The van der Waals surface area contributed by atoms with Gasteiger partial charge in [0.1, 0.15) is 0 Å². The van der Waals surface area contributed by atoms with Crippen LogP contribution in [0.25, 0.3) is 26.9 Å². The molecule has 0 aliphatic heterocycles. The first-order valence-corrected chi connectivity index (χ1v) is 9.30. The largest absolute Gasteiger partial charge is 4.00 e. The van der Waals surface area contributed by atoms with E-state index in [1.54, 1.807) is 14.1 Å². The zero-order valence-corrected chi connectivity index (χ0v) is 19.6. The average Bonchev–Trinajstić information content (AvgIpc) is 3.39. The first-order chi connectivity index (χ1) is 13.7. The van der Waals surface area contributed by atoms with Gasteiger partial charge in [0.05, 0.1) is 0 Å². The molecule has 0 fully saturated rings. The zero-order chi connectivity index (χ0) is 20.0. The predicted octanol–water partition coefficient (Wildman–Crippen LogP) is 7.60. The van der Waals surface area contributed by atoms with E-state index in [0.717, 1.165) is 5.56 Å². The molecule has 0 heterocycles. The Morgan fingerprint density at radius 3 is 1.31 bits per heavy atom. The van der Waals surface area contributed by atoms with Gasteiger partial charge in [0, 0.05) is 0 Å². The maximum absolute atomic E-state index is 3.72. The van der Waals surface area contributed by atoms with Crippen molar-refractivity contribution in [3.8, 4) is 0 Å². The molecule has 0 saturated carbocycles. The summed E-state index contributed by atoms with van der Waals surface area (Å²) in [5, 5.41) is 8.82. The van der Waals surface area contributed by atoms with E-state index in [-0.39, 0.29) is 26.2 Å². The van der Waals surface area contributed by atoms with Gasteiger partial charge in [-0.2, -0.15) is 73.8 Å². The Bertz CT molecular complexity index is 901. The molecule has 2 heteroatoms. The molecule has 0 aliphatic rings. The molecule has 0 saturated heterocycles. The Balaban J connectivity index is 0.000000202. The summed E-state index contributed by atoms with van der Waals surface area (Å²) in [4.78, 5) is 0. The fourth-order valence-corrected chi connectivity index (χ4v) is 2.62. The van der Waals surface area contributed by atoms with Crippen molar-refractivity contribution >= 4 is 21.5 Å². The van der Waals surface area contributed by atoms with Gasteiger partial charge in [0.25, 0.3) is 0 Å². The fourth-order valence-electron chi connectivity index (χ4n) is 2.62. The van der Waals surface area contributed by atoms with E-state index >= 15 is 0 Å². The molecular formula is C27H27NZr. The molecular weight excluding hydrogens is 430 g/mol. The summed E-state index contributed by atoms with van der Waals surface area (Å²) in [7, 11) is 3.50. The third kappa shape index (κ3) is 9.09. The average molecular weight is 457 g/mol. The van der Waals surface area contributed by atoms with Crippen LogP contribution >= 0.6 is 0 Å². The topological polar surface area (TPSA) is 14.1 Å². The number of benzene rings is 3. The van der Waals surface area contributed by atoms with Crippen LogP contribution in [-0.2, 0) is 26.2 Å². The van der Waals surface area contributed by atoms with Crippen LogP contribution in [0.2, 0.25) is 0 Å². The SMILES string of the molecule is C[N-]C.[CH2-]c1ccccc1.[Zr+4].c1ccc2[cH-]ccc2c1.c1ccc2[cH-]ccc2c1. The molecule has 5 rings (SSSR count). The van der Waals surface area contributed by atoms with Crippen molar-refractivity contribution in [2.24, 2.45) is 0 Å². The van der Waals surface area contributed by atoms with Gasteiger partial charge in [-0.25, -0.2) is 0 Å². The number of hydrogen-bond donors (Lipinski definition) is 0. The van der Waals surface area contributed by atoms with Crippen molar-refractivity contribution in [1.82, 2.24) is 0 Å². The normalized spacial score (nSPS) is 9.03. The second-order valence-electron chi connectivity index (χ2n) is 6.24. The summed E-state index contributed by atoms with van der Waals surface area (Å²) in [6, 6.07) is 39.2. The van der Waals surface area contributed by atoms with Crippen molar-refractivity contribution in [1.29, 1.82) is 0 Å². The third-order valence-corrected chi connectivity index (χ3v) is 3.94. The Kier molecular flexibility index (Phi) is 12.4. The van der Waals surface area contributed by atoms with Crippen LogP contribution in [0.3, 0.4) is 0 Å². The molecule has 0 spiro atoms. The van der Waals surface area contributed by atoms with Gasteiger partial charge in [0.15, 0.2) is 0 Å². The molecule has 5 aromatic rings. The molecule has 0 amide bonds. The van der Waals surface area contributed by atoms with Crippen molar-refractivity contribution < 1.29 is 26.2 Å². The van der Waals surface area contributed by atoms with Crippen LogP contribution in [0, 0.1) is 6.92 Å². The van der Waals surface area contributed by atoms with Gasteiger partial charge >= 0.3 is 26.2 Å². The van der Waals surface area contributed by atoms with Gasteiger partial charge in [-0.3, -0.25) is 0 Å². The molecule has 0 aliphatic carbocycles. The Morgan fingerprint density at radius 1 is 0.586 bits per heavy atom. The Labute approximate surface area is 194 Å². The number of hydrogen-bond acceptors (Lipinski definition) is 0. The number of rotatable bonds is 0. The first kappa shape index (κ1) is 24.6. The minimum atomic E-state index is 0. The summed E-state index contributed by atoms with van der Waals surface area (Å²) in [5.74, 6) is 0. The minimum absolute atomic E-state index is 0. The van der Waals surface area contributed by atoms with Gasteiger partial charge in [0.2, 0.25) is 0 Å². The van der Waals surface area contributed by atoms with E-state index in [1.807, 2.05) is 30.3 Å². The molecule has 0 radical (unpaired) electrons. The first-order valence-electron chi connectivity index (χ1n) is 9.30. The summed E-state index contributed by atoms with van der Waals surface area (Å²) in [6.07, 6.45) is 0. The van der Waals surface area contributed by atoms with Gasteiger partial charge < -0.3 is 5.32 Å². The van der Waals surface area contributed by atoms with Crippen LogP contribution in [0.15, 0.2) is 115 Å². The predicted molar refractivity (Wildman–Crippen MR) is 125 cm³/mol. The second kappa shape index (κ2) is 14.6. The van der Waals surface area contributed by atoms with Crippen LogP contribution in [0.5, 0.6) is 0 Å². The molecule has 144 valence electrons. The molecule has 0 unspecified atom stereocenters.